The lowest BCUT2D eigenvalue weighted by atomic mass is 10.1. The molecule has 5 nitrogen and oxygen atoms in total. The molecule has 1 aliphatic heterocycles. The number of hydrogen-bond donors (Lipinski definition) is 4. The molecule has 5 heteroatoms. The van der Waals surface area contributed by atoms with E-state index in [1.807, 2.05) is 19.1 Å². The van der Waals surface area contributed by atoms with Gasteiger partial charge >= 0.3 is 0 Å². The number of amides is 1. The molecule has 0 fully saturated rings. The van der Waals surface area contributed by atoms with Crippen LogP contribution in [-0.4, -0.2) is 24.2 Å². The van der Waals surface area contributed by atoms with Crippen LogP contribution in [0.1, 0.15) is 25.3 Å². The molecule has 1 aromatic carbocycles. The molecule has 2 rings (SSSR count). The molecule has 0 aliphatic carbocycles. The van der Waals surface area contributed by atoms with E-state index in [9.17, 15) is 4.79 Å². The molecule has 0 aromatic heterocycles. The SMILES string of the molecule is CC(CO)CCCNc1cc2c(cc1N)CC(=O)N2. The van der Waals surface area contributed by atoms with E-state index >= 15 is 0 Å². The van der Waals surface area contributed by atoms with Crippen LogP contribution in [0.15, 0.2) is 12.1 Å². The number of fused-ring (bicyclic) bond motifs is 1. The maximum absolute atomic E-state index is 11.3. The molecule has 0 saturated carbocycles. The zero-order valence-corrected chi connectivity index (χ0v) is 11.2. The van der Waals surface area contributed by atoms with E-state index in [0.29, 0.717) is 18.0 Å². The van der Waals surface area contributed by atoms with E-state index in [2.05, 4.69) is 10.6 Å². The van der Waals surface area contributed by atoms with E-state index in [1.165, 1.54) is 0 Å². The van der Waals surface area contributed by atoms with E-state index in [0.717, 1.165) is 36.3 Å². The number of carbonyl (C=O) groups excluding carboxylic acids is 1. The fourth-order valence-electron chi connectivity index (χ4n) is 2.21. The summed E-state index contributed by atoms with van der Waals surface area (Å²) in [5, 5.41) is 15.0. The van der Waals surface area contributed by atoms with Gasteiger partial charge in [-0.3, -0.25) is 4.79 Å². The fourth-order valence-corrected chi connectivity index (χ4v) is 2.21. The van der Waals surface area contributed by atoms with Crippen LogP contribution < -0.4 is 16.4 Å². The number of benzene rings is 1. The van der Waals surface area contributed by atoms with Gasteiger partial charge in [-0.1, -0.05) is 6.92 Å². The average molecular weight is 263 g/mol. The summed E-state index contributed by atoms with van der Waals surface area (Å²) < 4.78 is 0. The first-order valence-electron chi connectivity index (χ1n) is 6.67. The summed E-state index contributed by atoms with van der Waals surface area (Å²) in [5.41, 5.74) is 9.31. The number of carbonyl (C=O) groups is 1. The van der Waals surface area contributed by atoms with Crippen LogP contribution in [0.5, 0.6) is 0 Å². The van der Waals surface area contributed by atoms with E-state index in [4.69, 9.17) is 10.8 Å². The smallest absolute Gasteiger partial charge is 0.228 e. The fraction of sp³-hybridized carbons (Fsp3) is 0.500. The van der Waals surface area contributed by atoms with Crippen LogP contribution in [-0.2, 0) is 11.2 Å². The van der Waals surface area contributed by atoms with Gasteiger partial charge in [0.05, 0.1) is 17.8 Å². The summed E-state index contributed by atoms with van der Waals surface area (Å²) in [6, 6.07) is 3.75. The number of aliphatic hydroxyl groups excluding tert-OH is 1. The molecule has 1 heterocycles. The van der Waals surface area contributed by atoms with E-state index in [1.54, 1.807) is 0 Å². The van der Waals surface area contributed by atoms with Crippen LogP contribution in [0.2, 0.25) is 0 Å². The Morgan fingerprint density at radius 2 is 2.32 bits per heavy atom. The highest BCUT2D eigenvalue weighted by atomic mass is 16.3. The van der Waals surface area contributed by atoms with Crippen molar-refractivity contribution in [1.82, 2.24) is 0 Å². The maximum Gasteiger partial charge on any atom is 0.228 e. The van der Waals surface area contributed by atoms with Crippen LogP contribution in [0.3, 0.4) is 0 Å². The highest BCUT2D eigenvalue weighted by Gasteiger charge is 2.19. The van der Waals surface area contributed by atoms with Gasteiger partial charge in [-0.2, -0.15) is 0 Å². The molecule has 1 atom stereocenters. The Hall–Kier alpha value is -1.75. The van der Waals surface area contributed by atoms with Crippen molar-refractivity contribution in [2.45, 2.75) is 26.2 Å². The summed E-state index contributed by atoms with van der Waals surface area (Å²) in [4.78, 5) is 11.3. The van der Waals surface area contributed by atoms with Gasteiger partial charge in [0.1, 0.15) is 0 Å². The van der Waals surface area contributed by atoms with Crippen molar-refractivity contribution >= 4 is 23.0 Å². The van der Waals surface area contributed by atoms with Crippen molar-refractivity contribution < 1.29 is 9.90 Å². The van der Waals surface area contributed by atoms with Crippen LogP contribution in [0, 0.1) is 5.92 Å². The quantitative estimate of drug-likeness (QED) is 0.463. The van der Waals surface area contributed by atoms with Gasteiger partial charge in [-0.15, -0.1) is 0 Å². The number of nitrogens with one attached hydrogen (secondary N) is 2. The number of hydrogen-bond acceptors (Lipinski definition) is 4. The van der Waals surface area contributed by atoms with Crippen LogP contribution >= 0.6 is 0 Å². The third-order valence-electron chi connectivity index (χ3n) is 3.40. The third-order valence-corrected chi connectivity index (χ3v) is 3.40. The average Bonchev–Trinajstić information content (AvgIpc) is 2.73. The molecule has 5 N–H and O–H groups in total. The highest BCUT2D eigenvalue weighted by molar-refractivity contribution is 6.00. The minimum atomic E-state index is 0.0170. The number of aliphatic hydroxyl groups is 1. The number of nitrogen functional groups attached to an aromatic ring is 1. The predicted molar refractivity (Wildman–Crippen MR) is 77.2 cm³/mol. The number of nitrogens with two attached hydrogens (primary N) is 1. The molecule has 0 radical (unpaired) electrons. The molecule has 1 amide bonds. The van der Waals surface area contributed by atoms with Gasteiger partial charge < -0.3 is 21.5 Å². The van der Waals surface area contributed by atoms with Crippen molar-refractivity contribution in [1.29, 1.82) is 0 Å². The first-order chi connectivity index (χ1) is 9.10. The van der Waals surface area contributed by atoms with Gasteiger partial charge in [0.15, 0.2) is 0 Å². The Kier molecular flexibility index (Phi) is 4.27. The van der Waals surface area contributed by atoms with Gasteiger partial charge in [0.2, 0.25) is 5.91 Å². The second-order valence-electron chi connectivity index (χ2n) is 5.18. The largest absolute Gasteiger partial charge is 0.397 e. The molecule has 0 saturated heterocycles. The van der Waals surface area contributed by atoms with Gasteiger partial charge in [-0.25, -0.2) is 0 Å². The topological polar surface area (TPSA) is 87.4 Å². The van der Waals surface area contributed by atoms with E-state index < -0.39 is 0 Å². The van der Waals surface area contributed by atoms with Gasteiger partial charge in [0, 0.05) is 18.8 Å². The Morgan fingerprint density at radius 3 is 3.05 bits per heavy atom. The lowest BCUT2D eigenvalue weighted by molar-refractivity contribution is -0.115. The molecule has 104 valence electrons. The Balaban J connectivity index is 1.91. The first-order valence-corrected chi connectivity index (χ1v) is 6.67. The Bertz CT molecular complexity index is 474. The summed E-state index contributed by atoms with van der Waals surface area (Å²) in [7, 11) is 0. The third kappa shape index (κ3) is 3.38. The zero-order chi connectivity index (χ0) is 13.8. The van der Waals surface area contributed by atoms with Crippen LogP contribution in [0.25, 0.3) is 0 Å². The van der Waals surface area contributed by atoms with Gasteiger partial charge in [-0.05, 0) is 36.5 Å². The zero-order valence-electron chi connectivity index (χ0n) is 11.2. The predicted octanol–water partition coefficient (Wildman–Crippen LogP) is 1.58. The highest BCUT2D eigenvalue weighted by Crippen LogP contribution is 2.31. The van der Waals surface area contributed by atoms with E-state index in [-0.39, 0.29) is 12.5 Å². The summed E-state index contributed by atoms with van der Waals surface area (Å²) in [6.45, 7) is 3.06. The molecule has 1 aromatic rings. The van der Waals surface area contributed by atoms with Gasteiger partial charge in [0.25, 0.3) is 0 Å². The summed E-state index contributed by atoms with van der Waals surface area (Å²) >= 11 is 0. The van der Waals surface area contributed by atoms with Crippen LogP contribution in [0.4, 0.5) is 17.1 Å². The maximum atomic E-state index is 11.3. The lowest BCUT2D eigenvalue weighted by Crippen LogP contribution is -2.08. The minimum Gasteiger partial charge on any atom is -0.397 e. The first kappa shape index (κ1) is 13.7. The number of rotatable bonds is 6. The second kappa shape index (κ2) is 5.93. The minimum absolute atomic E-state index is 0.0170. The Morgan fingerprint density at radius 1 is 1.53 bits per heavy atom. The summed E-state index contributed by atoms with van der Waals surface area (Å²) in [5.74, 6) is 0.349. The summed E-state index contributed by atoms with van der Waals surface area (Å²) in [6.07, 6.45) is 2.36. The molecule has 19 heavy (non-hydrogen) atoms. The molecule has 1 unspecified atom stereocenters. The Labute approximate surface area is 113 Å². The second-order valence-corrected chi connectivity index (χ2v) is 5.18. The van der Waals surface area contributed by atoms with Crippen molar-refractivity contribution in [3.63, 3.8) is 0 Å². The molecule has 0 bridgehead atoms. The van der Waals surface area contributed by atoms with Crippen molar-refractivity contribution in [3.05, 3.63) is 17.7 Å². The monoisotopic (exact) mass is 263 g/mol. The molecular weight excluding hydrogens is 242 g/mol. The standard InChI is InChI=1S/C14H21N3O2/c1-9(8-18)3-2-4-16-13-7-12-10(5-11(13)15)6-14(19)17-12/h5,7,9,16,18H,2-4,6,8,15H2,1H3,(H,17,19). The molecular formula is C14H21N3O2. The molecule has 1 aliphatic rings. The van der Waals surface area contributed by atoms with Crippen molar-refractivity contribution in [3.8, 4) is 0 Å². The lowest BCUT2D eigenvalue weighted by Gasteiger charge is -2.12. The van der Waals surface area contributed by atoms with Crippen molar-refractivity contribution in [2.75, 3.05) is 29.5 Å². The normalized spacial score (nSPS) is 14.9. The number of anilines is 3. The van der Waals surface area contributed by atoms with Crippen molar-refractivity contribution in [2.24, 2.45) is 5.92 Å². The molecule has 0 spiro atoms.